The predicted molar refractivity (Wildman–Crippen MR) is 225 cm³/mol. The highest BCUT2D eigenvalue weighted by Crippen LogP contribution is 2.40. The van der Waals surface area contributed by atoms with Crippen molar-refractivity contribution < 1.29 is 0 Å². The lowest BCUT2D eigenvalue weighted by Crippen LogP contribution is -1.97. The first-order valence-electron chi connectivity index (χ1n) is 18.3. The van der Waals surface area contributed by atoms with Crippen molar-refractivity contribution in [3.8, 4) is 67.4 Å². The van der Waals surface area contributed by atoms with E-state index >= 15 is 0 Å². The summed E-state index contributed by atoms with van der Waals surface area (Å²) in [6.45, 7) is 0. The first kappa shape index (κ1) is 31.5. The van der Waals surface area contributed by atoms with E-state index in [9.17, 15) is 0 Å². The van der Waals surface area contributed by atoms with Crippen LogP contribution in [0.5, 0.6) is 0 Å². The van der Waals surface area contributed by atoms with Crippen LogP contribution >= 0.6 is 0 Å². The molecule has 3 nitrogen and oxygen atoms in total. The third-order valence-corrected chi connectivity index (χ3v) is 10.3. The summed E-state index contributed by atoms with van der Waals surface area (Å²) < 4.78 is 0. The molecule has 252 valence electrons. The van der Waals surface area contributed by atoms with E-state index in [4.69, 9.17) is 15.0 Å². The van der Waals surface area contributed by atoms with Gasteiger partial charge in [-0.25, -0.2) is 15.0 Å². The first-order chi connectivity index (χ1) is 26.8. The zero-order valence-electron chi connectivity index (χ0n) is 29.4. The fourth-order valence-corrected chi connectivity index (χ4v) is 7.67. The summed E-state index contributed by atoms with van der Waals surface area (Å²) in [6.07, 6.45) is 0. The van der Waals surface area contributed by atoms with Crippen molar-refractivity contribution in [1.82, 2.24) is 15.0 Å². The van der Waals surface area contributed by atoms with E-state index in [2.05, 4.69) is 182 Å². The van der Waals surface area contributed by atoms with Crippen molar-refractivity contribution in [3.63, 3.8) is 0 Å². The highest BCUT2D eigenvalue weighted by molar-refractivity contribution is 6.14. The van der Waals surface area contributed by atoms with Crippen molar-refractivity contribution in [2.24, 2.45) is 0 Å². The Balaban J connectivity index is 1.15. The maximum Gasteiger partial charge on any atom is 0.161 e. The molecule has 0 aliphatic heterocycles. The minimum atomic E-state index is 0.704. The zero-order valence-corrected chi connectivity index (χ0v) is 29.4. The van der Waals surface area contributed by atoms with Gasteiger partial charge in [0, 0.05) is 27.6 Å². The van der Waals surface area contributed by atoms with E-state index in [1.54, 1.807) is 0 Å². The van der Waals surface area contributed by atoms with Gasteiger partial charge in [0.1, 0.15) is 0 Å². The highest BCUT2D eigenvalue weighted by atomic mass is 14.9. The van der Waals surface area contributed by atoms with Gasteiger partial charge >= 0.3 is 0 Å². The Bertz CT molecular complexity index is 2920. The monoisotopic (exact) mass is 687 g/mol. The van der Waals surface area contributed by atoms with Gasteiger partial charge in [0.25, 0.3) is 0 Å². The van der Waals surface area contributed by atoms with Crippen LogP contribution < -0.4 is 0 Å². The molecule has 0 saturated carbocycles. The van der Waals surface area contributed by atoms with Crippen molar-refractivity contribution >= 4 is 32.4 Å². The summed E-state index contributed by atoms with van der Waals surface area (Å²) in [5.74, 6) is 0.704. The van der Waals surface area contributed by atoms with Crippen LogP contribution in [0.4, 0.5) is 0 Å². The maximum atomic E-state index is 5.18. The second kappa shape index (κ2) is 13.4. The number of nitrogens with zero attached hydrogens (tertiary/aromatic N) is 3. The Hall–Kier alpha value is -7.23. The molecule has 0 fully saturated rings. The molecule has 54 heavy (non-hydrogen) atoms. The Morgan fingerprint density at radius 2 is 0.759 bits per heavy atom. The minimum absolute atomic E-state index is 0.704. The van der Waals surface area contributed by atoms with Crippen LogP contribution in [0.2, 0.25) is 0 Å². The van der Waals surface area contributed by atoms with Gasteiger partial charge in [-0.05, 0) is 74.1 Å². The molecular weight excluding hydrogens is 655 g/mol. The standard InChI is InChI=1S/C51H33N3/c1-4-16-35(17-5-1)47-32-45(50-41-24-11-10-15-34(41)27-30-46(50)52-47)39-23-14-22-38(31-39)40-28-29-44(43-26-13-12-25-42(40)43)51-53-48(36-18-6-2-7-19-36)33-49(54-51)37-20-8-3-9-21-37/h1-33H. The third-order valence-electron chi connectivity index (χ3n) is 10.3. The first-order valence-corrected chi connectivity index (χ1v) is 18.3. The molecule has 10 aromatic rings. The van der Waals surface area contributed by atoms with Crippen LogP contribution in [0, 0.1) is 0 Å². The van der Waals surface area contributed by atoms with Gasteiger partial charge in [-0.3, -0.25) is 0 Å². The molecule has 0 spiro atoms. The second-order valence-corrected chi connectivity index (χ2v) is 13.6. The maximum absolute atomic E-state index is 5.18. The van der Waals surface area contributed by atoms with Crippen LogP contribution in [0.15, 0.2) is 200 Å². The van der Waals surface area contributed by atoms with E-state index in [0.29, 0.717) is 5.82 Å². The lowest BCUT2D eigenvalue weighted by atomic mass is 9.90. The largest absolute Gasteiger partial charge is 0.248 e. The minimum Gasteiger partial charge on any atom is -0.248 e. The van der Waals surface area contributed by atoms with E-state index in [1.165, 1.54) is 10.8 Å². The predicted octanol–water partition coefficient (Wildman–Crippen LogP) is 13.3. The Morgan fingerprint density at radius 1 is 0.278 bits per heavy atom. The van der Waals surface area contributed by atoms with Crippen LogP contribution in [0.1, 0.15) is 0 Å². The number of hydrogen-bond donors (Lipinski definition) is 0. The quantitative estimate of drug-likeness (QED) is 0.163. The number of hydrogen-bond acceptors (Lipinski definition) is 3. The fourth-order valence-electron chi connectivity index (χ4n) is 7.67. The number of rotatable bonds is 6. The van der Waals surface area contributed by atoms with Crippen LogP contribution in [0.3, 0.4) is 0 Å². The average molecular weight is 688 g/mol. The van der Waals surface area contributed by atoms with Gasteiger partial charge in [-0.15, -0.1) is 0 Å². The molecule has 0 aliphatic carbocycles. The van der Waals surface area contributed by atoms with Gasteiger partial charge in [0.05, 0.1) is 22.6 Å². The zero-order chi connectivity index (χ0) is 35.8. The number of benzene rings is 8. The van der Waals surface area contributed by atoms with Gasteiger partial charge < -0.3 is 0 Å². The summed E-state index contributed by atoms with van der Waals surface area (Å²) in [4.78, 5) is 15.5. The van der Waals surface area contributed by atoms with E-state index < -0.39 is 0 Å². The fraction of sp³-hybridized carbons (Fsp3) is 0. The van der Waals surface area contributed by atoms with Crippen LogP contribution in [-0.2, 0) is 0 Å². The smallest absolute Gasteiger partial charge is 0.161 e. The molecule has 3 heteroatoms. The molecule has 0 atom stereocenters. The van der Waals surface area contributed by atoms with Crippen molar-refractivity contribution in [3.05, 3.63) is 200 Å². The van der Waals surface area contributed by atoms with Crippen LogP contribution in [0.25, 0.3) is 99.9 Å². The Kier molecular flexibility index (Phi) is 7.81. The average Bonchev–Trinajstić information content (AvgIpc) is 3.26. The third kappa shape index (κ3) is 5.69. The molecular formula is C51H33N3. The lowest BCUT2D eigenvalue weighted by Gasteiger charge is -2.16. The molecule has 0 saturated heterocycles. The Labute approximate surface area is 313 Å². The number of aromatic nitrogens is 3. The Morgan fingerprint density at radius 3 is 1.39 bits per heavy atom. The molecule has 8 aromatic carbocycles. The number of pyridine rings is 1. The van der Waals surface area contributed by atoms with Crippen molar-refractivity contribution in [2.75, 3.05) is 0 Å². The second-order valence-electron chi connectivity index (χ2n) is 13.6. The summed E-state index contributed by atoms with van der Waals surface area (Å²) in [5, 5.41) is 5.82. The van der Waals surface area contributed by atoms with E-state index in [-0.39, 0.29) is 0 Å². The van der Waals surface area contributed by atoms with E-state index in [0.717, 1.165) is 83.3 Å². The molecule has 0 aliphatic rings. The van der Waals surface area contributed by atoms with Gasteiger partial charge in [0.2, 0.25) is 0 Å². The molecule has 0 unspecified atom stereocenters. The number of fused-ring (bicyclic) bond motifs is 4. The summed E-state index contributed by atoms with van der Waals surface area (Å²) in [6, 6.07) is 70.4. The molecule has 0 bridgehead atoms. The van der Waals surface area contributed by atoms with Crippen molar-refractivity contribution in [2.45, 2.75) is 0 Å². The van der Waals surface area contributed by atoms with Gasteiger partial charge in [-0.1, -0.05) is 170 Å². The summed E-state index contributed by atoms with van der Waals surface area (Å²) in [5.41, 5.74) is 12.6. The summed E-state index contributed by atoms with van der Waals surface area (Å²) >= 11 is 0. The molecule has 0 N–H and O–H groups in total. The highest BCUT2D eigenvalue weighted by Gasteiger charge is 2.17. The normalized spacial score (nSPS) is 11.3. The topological polar surface area (TPSA) is 38.7 Å². The summed E-state index contributed by atoms with van der Waals surface area (Å²) in [7, 11) is 0. The van der Waals surface area contributed by atoms with Crippen molar-refractivity contribution in [1.29, 1.82) is 0 Å². The SMILES string of the molecule is c1ccc(-c2cc(-c3ccccc3)nc(-c3ccc(-c4cccc(-c5cc(-c6ccccc6)nc6ccc7ccccc7c56)c4)c4ccccc34)n2)cc1. The van der Waals surface area contributed by atoms with Gasteiger partial charge in [0.15, 0.2) is 5.82 Å². The molecule has 0 amide bonds. The van der Waals surface area contributed by atoms with Crippen LogP contribution in [-0.4, -0.2) is 15.0 Å². The lowest BCUT2D eigenvalue weighted by molar-refractivity contribution is 1.19. The molecule has 0 radical (unpaired) electrons. The van der Waals surface area contributed by atoms with E-state index in [1.807, 2.05) is 18.2 Å². The molecule has 10 rings (SSSR count). The molecule has 2 heterocycles. The molecule has 2 aromatic heterocycles. The van der Waals surface area contributed by atoms with Gasteiger partial charge in [-0.2, -0.15) is 0 Å².